The molecule has 1 saturated heterocycles. The Balaban J connectivity index is 2.09. The van der Waals surface area contributed by atoms with E-state index in [1.54, 1.807) is 41.1 Å². The summed E-state index contributed by atoms with van der Waals surface area (Å²) in [7, 11) is 1.75. The van der Waals surface area contributed by atoms with Crippen LogP contribution in [0.15, 0.2) is 24.3 Å². The molecular formula is C17H24N2O3. The number of piperidine rings is 1. The van der Waals surface area contributed by atoms with Crippen LogP contribution < -0.4 is 0 Å². The van der Waals surface area contributed by atoms with Crippen LogP contribution in [0.25, 0.3) is 0 Å². The summed E-state index contributed by atoms with van der Waals surface area (Å²) in [5, 5.41) is 9.16. The summed E-state index contributed by atoms with van der Waals surface area (Å²) in [5.41, 5.74) is 1.10. The number of carbonyl (C=O) groups excluding carboxylic acids is 2. The number of likely N-dealkylation sites (tertiary alicyclic amines) is 1. The molecule has 5 nitrogen and oxygen atoms in total. The molecule has 0 radical (unpaired) electrons. The van der Waals surface area contributed by atoms with Gasteiger partial charge < -0.3 is 14.9 Å². The predicted molar refractivity (Wildman–Crippen MR) is 84.8 cm³/mol. The first-order valence-corrected chi connectivity index (χ1v) is 7.82. The summed E-state index contributed by atoms with van der Waals surface area (Å²) in [6.45, 7) is 4.06. The minimum absolute atomic E-state index is 0.0369. The molecule has 0 atom stereocenters. The SMILES string of the molecule is CCN(C)C(=O)c1cccc(C(=O)N2CCC(CO)CC2)c1. The van der Waals surface area contributed by atoms with Crippen LogP contribution in [0.1, 0.15) is 40.5 Å². The van der Waals surface area contributed by atoms with Crippen LogP contribution in [0.3, 0.4) is 0 Å². The molecule has 120 valence electrons. The molecule has 1 aliphatic heterocycles. The lowest BCUT2D eigenvalue weighted by Gasteiger charge is -2.31. The summed E-state index contributed by atoms with van der Waals surface area (Å²) in [4.78, 5) is 28.2. The second kappa shape index (κ2) is 7.40. The quantitative estimate of drug-likeness (QED) is 0.919. The molecule has 0 spiro atoms. The second-order valence-corrected chi connectivity index (χ2v) is 5.82. The first-order chi connectivity index (χ1) is 10.6. The van der Waals surface area contributed by atoms with Crippen LogP contribution in [0.2, 0.25) is 0 Å². The van der Waals surface area contributed by atoms with Crippen LogP contribution in [0.5, 0.6) is 0 Å². The lowest BCUT2D eigenvalue weighted by atomic mass is 9.97. The first kappa shape index (κ1) is 16.5. The molecule has 22 heavy (non-hydrogen) atoms. The molecule has 2 amide bonds. The number of carbonyl (C=O) groups is 2. The number of aliphatic hydroxyl groups excluding tert-OH is 1. The molecule has 0 unspecified atom stereocenters. The Morgan fingerprint density at radius 1 is 1.27 bits per heavy atom. The fourth-order valence-corrected chi connectivity index (χ4v) is 2.65. The molecular weight excluding hydrogens is 280 g/mol. The monoisotopic (exact) mass is 304 g/mol. The topological polar surface area (TPSA) is 60.9 Å². The van der Waals surface area contributed by atoms with E-state index in [1.807, 2.05) is 6.92 Å². The van der Waals surface area contributed by atoms with Gasteiger partial charge in [-0.25, -0.2) is 0 Å². The van der Waals surface area contributed by atoms with E-state index in [2.05, 4.69) is 0 Å². The highest BCUT2D eigenvalue weighted by molar-refractivity contribution is 5.99. The van der Waals surface area contributed by atoms with Gasteiger partial charge in [-0.2, -0.15) is 0 Å². The van der Waals surface area contributed by atoms with Crippen LogP contribution >= 0.6 is 0 Å². The van der Waals surface area contributed by atoms with Crippen LogP contribution in [-0.2, 0) is 0 Å². The molecule has 5 heteroatoms. The molecule has 1 heterocycles. The number of benzene rings is 1. The first-order valence-electron chi connectivity index (χ1n) is 7.82. The Kier molecular flexibility index (Phi) is 5.55. The van der Waals surface area contributed by atoms with Crippen LogP contribution in [0, 0.1) is 5.92 Å². The highest BCUT2D eigenvalue weighted by atomic mass is 16.3. The number of rotatable bonds is 4. The number of nitrogens with zero attached hydrogens (tertiary/aromatic N) is 2. The van der Waals surface area contributed by atoms with Gasteiger partial charge in [-0.1, -0.05) is 6.07 Å². The molecule has 0 saturated carbocycles. The summed E-state index contributed by atoms with van der Waals surface area (Å²) in [6.07, 6.45) is 1.67. The zero-order valence-corrected chi connectivity index (χ0v) is 13.3. The molecule has 0 aliphatic carbocycles. The van der Waals surface area contributed by atoms with Crippen molar-refractivity contribution in [2.45, 2.75) is 19.8 Å². The van der Waals surface area contributed by atoms with Crippen molar-refractivity contribution in [3.63, 3.8) is 0 Å². The Morgan fingerprint density at radius 3 is 2.50 bits per heavy atom. The van der Waals surface area contributed by atoms with Gasteiger partial charge in [-0.15, -0.1) is 0 Å². The van der Waals surface area contributed by atoms with Gasteiger partial charge >= 0.3 is 0 Å². The fourth-order valence-electron chi connectivity index (χ4n) is 2.65. The highest BCUT2D eigenvalue weighted by Gasteiger charge is 2.23. The van der Waals surface area contributed by atoms with E-state index in [-0.39, 0.29) is 18.4 Å². The van der Waals surface area contributed by atoms with Crippen LogP contribution in [0.4, 0.5) is 0 Å². The van der Waals surface area contributed by atoms with E-state index in [4.69, 9.17) is 5.11 Å². The van der Waals surface area contributed by atoms with E-state index in [1.165, 1.54) is 0 Å². The van der Waals surface area contributed by atoms with Crippen molar-refractivity contribution in [3.05, 3.63) is 35.4 Å². The second-order valence-electron chi connectivity index (χ2n) is 5.82. The summed E-state index contributed by atoms with van der Waals surface area (Å²) >= 11 is 0. The molecule has 0 bridgehead atoms. The van der Waals surface area contributed by atoms with Gasteiger partial charge in [0.1, 0.15) is 0 Å². The normalized spacial score (nSPS) is 15.7. The number of hydrogen-bond acceptors (Lipinski definition) is 3. The zero-order chi connectivity index (χ0) is 16.1. The van der Waals surface area contributed by atoms with E-state index in [0.29, 0.717) is 36.7 Å². The number of hydrogen-bond donors (Lipinski definition) is 1. The van der Waals surface area contributed by atoms with Crippen molar-refractivity contribution >= 4 is 11.8 Å². The molecule has 0 aromatic heterocycles. The standard InChI is InChI=1S/C17H24N2O3/c1-3-18(2)16(21)14-5-4-6-15(11-14)17(22)19-9-7-13(12-20)8-10-19/h4-6,11,13,20H,3,7-10,12H2,1-2H3. The van der Waals surface area contributed by atoms with Crippen molar-refractivity contribution in [1.82, 2.24) is 9.80 Å². The molecule has 1 N–H and O–H groups in total. The summed E-state index contributed by atoms with van der Waals surface area (Å²) < 4.78 is 0. The van der Waals surface area contributed by atoms with E-state index in [9.17, 15) is 9.59 Å². The number of aliphatic hydroxyl groups is 1. The van der Waals surface area contributed by atoms with Gasteiger partial charge in [-0.05, 0) is 43.9 Å². The van der Waals surface area contributed by atoms with Crippen molar-refractivity contribution < 1.29 is 14.7 Å². The maximum Gasteiger partial charge on any atom is 0.253 e. The summed E-state index contributed by atoms with van der Waals surface area (Å²) in [6, 6.07) is 6.92. The molecule has 1 aromatic carbocycles. The summed E-state index contributed by atoms with van der Waals surface area (Å²) in [5.74, 6) is 0.191. The molecule has 1 fully saturated rings. The lowest BCUT2D eigenvalue weighted by molar-refractivity contribution is 0.0651. The third-order valence-corrected chi connectivity index (χ3v) is 4.34. The molecule has 1 aliphatic rings. The molecule has 2 rings (SSSR count). The Hall–Kier alpha value is -1.88. The fraction of sp³-hybridized carbons (Fsp3) is 0.529. The third kappa shape index (κ3) is 3.65. The van der Waals surface area contributed by atoms with Crippen LogP contribution in [-0.4, -0.2) is 60.0 Å². The van der Waals surface area contributed by atoms with Gasteiger partial charge in [0.15, 0.2) is 0 Å². The van der Waals surface area contributed by atoms with Gasteiger partial charge in [0.25, 0.3) is 11.8 Å². The van der Waals surface area contributed by atoms with E-state index in [0.717, 1.165) is 12.8 Å². The third-order valence-electron chi connectivity index (χ3n) is 4.34. The number of amides is 2. The average Bonchev–Trinajstić information content (AvgIpc) is 2.59. The minimum atomic E-state index is -0.0730. The Bertz CT molecular complexity index is 536. The minimum Gasteiger partial charge on any atom is -0.396 e. The Morgan fingerprint density at radius 2 is 1.91 bits per heavy atom. The average molecular weight is 304 g/mol. The predicted octanol–water partition coefficient (Wildman–Crippen LogP) is 1.62. The van der Waals surface area contributed by atoms with Gasteiger partial charge in [-0.3, -0.25) is 9.59 Å². The lowest BCUT2D eigenvalue weighted by Crippen LogP contribution is -2.39. The smallest absolute Gasteiger partial charge is 0.253 e. The maximum absolute atomic E-state index is 12.5. The van der Waals surface area contributed by atoms with Gasteiger partial charge in [0, 0.05) is 44.4 Å². The van der Waals surface area contributed by atoms with E-state index < -0.39 is 0 Å². The van der Waals surface area contributed by atoms with Crippen molar-refractivity contribution in [3.8, 4) is 0 Å². The van der Waals surface area contributed by atoms with Crippen molar-refractivity contribution in [2.24, 2.45) is 5.92 Å². The van der Waals surface area contributed by atoms with Crippen molar-refractivity contribution in [2.75, 3.05) is 33.3 Å². The highest BCUT2D eigenvalue weighted by Crippen LogP contribution is 2.19. The van der Waals surface area contributed by atoms with Gasteiger partial charge in [0.2, 0.25) is 0 Å². The Labute approximate surface area is 131 Å². The van der Waals surface area contributed by atoms with Crippen molar-refractivity contribution in [1.29, 1.82) is 0 Å². The molecule has 1 aromatic rings. The van der Waals surface area contributed by atoms with E-state index >= 15 is 0 Å². The zero-order valence-electron chi connectivity index (χ0n) is 13.3. The largest absolute Gasteiger partial charge is 0.396 e. The van der Waals surface area contributed by atoms with Gasteiger partial charge in [0.05, 0.1) is 0 Å². The maximum atomic E-state index is 12.5.